The second-order valence-corrected chi connectivity index (χ2v) is 10.9. The van der Waals surface area contributed by atoms with Crippen molar-refractivity contribution in [3.63, 3.8) is 0 Å². The molecule has 1 aromatic carbocycles. The van der Waals surface area contributed by atoms with Gasteiger partial charge in [0.1, 0.15) is 11.8 Å². The van der Waals surface area contributed by atoms with E-state index >= 15 is 0 Å². The molecule has 1 amide bonds. The number of nitrogens with zero attached hydrogens (tertiary/aromatic N) is 4. The first-order valence-electron chi connectivity index (χ1n) is 14.0. The minimum absolute atomic E-state index is 0.0681. The molecule has 41 heavy (non-hydrogen) atoms. The maximum atomic E-state index is 13.6. The molecule has 1 aliphatic heterocycles. The van der Waals surface area contributed by atoms with E-state index in [0.29, 0.717) is 34.1 Å². The minimum Gasteiger partial charge on any atom is -0.496 e. The van der Waals surface area contributed by atoms with Crippen LogP contribution in [0.2, 0.25) is 0 Å². The van der Waals surface area contributed by atoms with Gasteiger partial charge in [-0.25, -0.2) is 0 Å². The fourth-order valence-electron chi connectivity index (χ4n) is 6.11. The van der Waals surface area contributed by atoms with Crippen LogP contribution < -0.4 is 15.6 Å². The molecule has 9 nitrogen and oxygen atoms in total. The van der Waals surface area contributed by atoms with Crippen LogP contribution in [0.4, 0.5) is 0 Å². The molecular formula is C32H36N6O3. The molecule has 1 atom stereocenters. The molecule has 0 saturated carbocycles. The molecule has 0 radical (unpaired) electrons. The number of likely N-dealkylation sites (tertiary alicyclic amines) is 1. The van der Waals surface area contributed by atoms with Gasteiger partial charge in [0.15, 0.2) is 0 Å². The number of ether oxygens (including phenoxy) is 1. The Labute approximate surface area is 239 Å². The minimum atomic E-state index is -0.267. The number of methoxy groups -OCH3 is 1. The second-order valence-electron chi connectivity index (χ2n) is 10.9. The average molecular weight is 553 g/mol. The molecule has 9 heteroatoms. The number of piperidine rings is 1. The quantitative estimate of drug-likeness (QED) is 0.329. The van der Waals surface area contributed by atoms with Gasteiger partial charge >= 0.3 is 0 Å². The topological polar surface area (TPSA) is 116 Å². The van der Waals surface area contributed by atoms with E-state index in [1.54, 1.807) is 19.2 Å². The summed E-state index contributed by atoms with van der Waals surface area (Å²) in [5.74, 6) is 0.706. The Morgan fingerprint density at radius 1 is 1.22 bits per heavy atom. The van der Waals surface area contributed by atoms with Gasteiger partial charge in [-0.3, -0.25) is 19.5 Å². The molecule has 0 bridgehead atoms. The van der Waals surface area contributed by atoms with Gasteiger partial charge in [0.25, 0.3) is 11.5 Å². The number of nitriles is 1. The smallest absolute Gasteiger partial charge is 0.256 e. The molecule has 4 aromatic rings. The molecule has 212 valence electrons. The summed E-state index contributed by atoms with van der Waals surface area (Å²) in [6, 6.07) is 15.9. The Morgan fingerprint density at radius 3 is 2.66 bits per heavy atom. The highest BCUT2D eigenvalue weighted by Gasteiger charge is 2.29. The monoisotopic (exact) mass is 552 g/mol. The lowest BCUT2D eigenvalue weighted by molar-refractivity contribution is 0.0951. The zero-order chi connectivity index (χ0) is 29.1. The van der Waals surface area contributed by atoms with Crippen molar-refractivity contribution in [2.45, 2.75) is 52.7 Å². The number of para-hydroxylation sites is 1. The van der Waals surface area contributed by atoms with E-state index in [1.165, 1.54) is 7.11 Å². The molecule has 1 saturated heterocycles. The molecule has 2 N–H and O–H groups in total. The highest BCUT2D eigenvalue weighted by molar-refractivity contribution is 6.08. The van der Waals surface area contributed by atoms with Crippen molar-refractivity contribution in [3.8, 4) is 11.8 Å². The van der Waals surface area contributed by atoms with Crippen molar-refractivity contribution < 1.29 is 9.53 Å². The van der Waals surface area contributed by atoms with Crippen molar-refractivity contribution >= 4 is 16.8 Å². The maximum absolute atomic E-state index is 13.6. The average Bonchev–Trinajstić information content (AvgIpc) is 3.28. The molecule has 0 spiro atoms. The number of amides is 1. The van der Waals surface area contributed by atoms with Crippen LogP contribution in [0.5, 0.6) is 5.75 Å². The lowest BCUT2D eigenvalue weighted by atomic mass is 9.89. The predicted molar refractivity (Wildman–Crippen MR) is 158 cm³/mol. The summed E-state index contributed by atoms with van der Waals surface area (Å²) >= 11 is 0. The molecule has 4 heterocycles. The maximum Gasteiger partial charge on any atom is 0.256 e. The van der Waals surface area contributed by atoms with Crippen LogP contribution in [0, 0.1) is 31.1 Å². The number of rotatable bonds is 8. The number of hydrogen-bond donors (Lipinski definition) is 2. The van der Waals surface area contributed by atoms with E-state index in [4.69, 9.17) is 10.00 Å². The van der Waals surface area contributed by atoms with Crippen LogP contribution in [0.15, 0.2) is 53.5 Å². The van der Waals surface area contributed by atoms with Crippen LogP contribution in [0.3, 0.4) is 0 Å². The Kier molecular flexibility index (Phi) is 8.22. The van der Waals surface area contributed by atoms with Crippen molar-refractivity contribution in [1.82, 2.24) is 24.8 Å². The summed E-state index contributed by atoms with van der Waals surface area (Å²) in [4.78, 5) is 35.8. The molecule has 5 rings (SSSR count). The highest BCUT2D eigenvalue weighted by Crippen LogP contribution is 2.36. The zero-order valence-corrected chi connectivity index (χ0v) is 24.0. The second kappa shape index (κ2) is 12.0. The van der Waals surface area contributed by atoms with Gasteiger partial charge < -0.3 is 19.6 Å². The van der Waals surface area contributed by atoms with E-state index in [9.17, 15) is 9.59 Å². The first-order valence-corrected chi connectivity index (χ1v) is 14.0. The fraction of sp³-hybridized carbons (Fsp3) is 0.375. The molecule has 3 aromatic heterocycles. The number of H-pyrrole nitrogens is 1. The number of aromatic amines is 1. The summed E-state index contributed by atoms with van der Waals surface area (Å²) in [5.41, 5.74) is 4.98. The Balaban J connectivity index is 1.32. The lowest BCUT2D eigenvalue weighted by Gasteiger charge is -2.36. The standard InChI is InChI=1S/C32H36N6O3/c1-20-15-29(41-4)27(31(39)36-20)18-35-32(40)30-22(3)38(28-8-6-5-7-26(28)30)21(2)24-11-13-37(14-12-24)19-25-10-9-23(16-33)17-34-25/h5-10,15,17,21,24H,11-14,18-19H2,1-4H3,(H,35,40)(H,36,39). The number of aromatic nitrogens is 3. The third kappa shape index (κ3) is 5.74. The van der Waals surface area contributed by atoms with Crippen molar-refractivity contribution in [2.24, 2.45) is 5.92 Å². The van der Waals surface area contributed by atoms with Gasteiger partial charge in [0.05, 0.1) is 36.0 Å². The normalized spacial score (nSPS) is 15.0. The largest absolute Gasteiger partial charge is 0.496 e. The molecule has 1 fully saturated rings. The van der Waals surface area contributed by atoms with Crippen LogP contribution in [-0.4, -0.2) is 45.5 Å². The Morgan fingerprint density at radius 2 is 1.98 bits per heavy atom. The number of nitrogens with one attached hydrogen (secondary N) is 2. The highest BCUT2D eigenvalue weighted by atomic mass is 16.5. The number of benzene rings is 1. The van der Waals surface area contributed by atoms with Gasteiger partial charge in [0.2, 0.25) is 0 Å². The SMILES string of the molecule is COc1cc(C)[nH]c(=O)c1CNC(=O)c1c(C)n(C(C)C2CCN(Cc3ccc(C#N)cn3)CC2)c2ccccc12. The van der Waals surface area contributed by atoms with Gasteiger partial charge in [-0.15, -0.1) is 0 Å². The number of hydrogen-bond acceptors (Lipinski definition) is 6. The summed E-state index contributed by atoms with van der Waals surface area (Å²) in [6.45, 7) is 8.83. The zero-order valence-electron chi connectivity index (χ0n) is 24.0. The third-order valence-corrected chi connectivity index (χ3v) is 8.32. The number of aryl methyl sites for hydroxylation is 1. The number of carbonyl (C=O) groups excluding carboxylic acids is 1. The molecule has 1 aliphatic rings. The summed E-state index contributed by atoms with van der Waals surface area (Å²) in [7, 11) is 1.52. The lowest BCUT2D eigenvalue weighted by Crippen LogP contribution is -2.36. The summed E-state index contributed by atoms with van der Waals surface area (Å²) in [5, 5.41) is 12.9. The summed E-state index contributed by atoms with van der Waals surface area (Å²) in [6.07, 6.45) is 3.72. The van der Waals surface area contributed by atoms with E-state index in [2.05, 4.69) is 43.8 Å². The molecular weight excluding hydrogens is 516 g/mol. The van der Waals surface area contributed by atoms with E-state index < -0.39 is 0 Å². The molecule has 1 unspecified atom stereocenters. The van der Waals surface area contributed by atoms with Gasteiger partial charge in [-0.05, 0) is 76.9 Å². The van der Waals surface area contributed by atoms with Crippen LogP contribution in [-0.2, 0) is 13.1 Å². The van der Waals surface area contributed by atoms with Crippen LogP contribution >= 0.6 is 0 Å². The number of carbonyl (C=O) groups is 1. The van der Waals surface area contributed by atoms with Crippen molar-refractivity contribution in [1.29, 1.82) is 5.26 Å². The summed E-state index contributed by atoms with van der Waals surface area (Å²) < 4.78 is 7.71. The van der Waals surface area contributed by atoms with Crippen molar-refractivity contribution in [2.75, 3.05) is 20.2 Å². The van der Waals surface area contributed by atoms with Gasteiger partial charge in [-0.1, -0.05) is 18.2 Å². The van der Waals surface area contributed by atoms with Crippen LogP contribution in [0.1, 0.15) is 64.4 Å². The predicted octanol–water partition coefficient (Wildman–Crippen LogP) is 4.62. The first kappa shape index (κ1) is 28.1. The van der Waals surface area contributed by atoms with Gasteiger partial charge in [0, 0.05) is 41.1 Å². The van der Waals surface area contributed by atoms with E-state index in [-0.39, 0.29) is 24.1 Å². The van der Waals surface area contributed by atoms with Gasteiger partial charge in [-0.2, -0.15) is 5.26 Å². The Hall–Kier alpha value is -4.42. The van der Waals surface area contributed by atoms with E-state index in [1.807, 2.05) is 37.3 Å². The Bertz CT molecular complexity index is 1660. The fourth-order valence-corrected chi connectivity index (χ4v) is 6.11. The van der Waals surface area contributed by atoms with Crippen LogP contribution in [0.25, 0.3) is 10.9 Å². The van der Waals surface area contributed by atoms with E-state index in [0.717, 1.165) is 54.8 Å². The number of fused-ring (bicyclic) bond motifs is 1. The number of pyridine rings is 2. The third-order valence-electron chi connectivity index (χ3n) is 8.32. The van der Waals surface area contributed by atoms with Crippen molar-refractivity contribution in [3.05, 3.63) is 92.8 Å². The molecule has 0 aliphatic carbocycles. The first-order chi connectivity index (χ1) is 19.8.